The zero-order valence-electron chi connectivity index (χ0n) is 38.3. The van der Waals surface area contributed by atoms with E-state index in [1.165, 1.54) is 128 Å². The number of allylic oxidation sites excluding steroid dienone is 14. The van der Waals surface area contributed by atoms with Crippen LogP contribution in [0.25, 0.3) is 0 Å². The predicted octanol–water partition coefficient (Wildman–Crippen LogP) is 16.7. The number of rotatable bonds is 45. The quantitative estimate of drug-likeness (QED) is 0.0378. The maximum Gasteiger partial charge on any atom is 0.306 e. The van der Waals surface area contributed by atoms with Crippen LogP contribution in [-0.4, -0.2) is 37.0 Å². The Labute approximate surface area is 360 Å². The van der Waals surface area contributed by atoms with Crippen LogP contribution in [0.2, 0.25) is 0 Å². The lowest BCUT2D eigenvalue weighted by Gasteiger charge is -2.15. The Hall–Kier alpha value is -2.43. The van der Waals surface area contributed by atoms with Gasteiger partial charge >= 0.3 is 5.97 Å². The van der Waals surface area contributed by atoms with Gasteiger partial charge in [-0.2, -0.15) is 0 Å². The lowest BCUT2D eigenvalue weighted by atomic mass is 10.0. The Morgan fingerprint density at radius 2 is 0.776 bits per heavy atom. The summed E-state index contributed by atoms with van der Waals surface area (Å²) in [7, 11) is 0. The van der Waals surface area contributed by atoms with Crippen LogP contribution >= 0.6 is 0 Å². The molecule has 0 heterocycles. The van der Waals surface area contributed by atoms with E-state index in [2.05, 4.69) is 98.9 Å². The number of unbranched alkanes of at least 4 members (excludes halogenated alkanes) is 23. The number of aliphatic hydroxyl groups is 1. The predicted molar refractivity (Wildman–Crippen MR) is 255 cm³/mol. The average molecular weight is 807 g/mol. The summed E-state index contributed by atoms with van der Waals surface area (Å²) in [6, 6.07) is 0. The highest BCUT2D eigenvalue weighted by Gasteiger charge is 2.13. The van der Waals surface area contributed by atoms with Gasteiger partial charge in [0.15, 0.2) is 0 Å². The van der Waals surface area contributed by atoms with Crippen molar-refractivity contribution in [1.29, 1.82) is 0 Å². The molecule has 58 heavy (non-hydrogen) atoms. The fourth-order valence-electron chi connectivity index (χ4n) is 6.84. The Balaban J connectivity index is 3.52. The van der Waals surface area contributed by atoms with Crippen LogP contribution in [0.5, 0.6) is 0 Å². The molecule has 0 aliphatic carbocycles. The molecular formula is C54H94O4. The third-order valence-electron chi connectivity index (χ3n) is 10.5. The Morgan fingerprint density at radius 3 is 1.14 bits per heavy atom. The minimum atomic E-state index is -0.562. The number of hydrogen-bond donors (Lipinski definition) is 1. The molecule has 1 N–H and O–H groups in total. The first-order valence-corrected chi connectivity index (χ1v) is 24.7. The molecule has 0 amide bonds. The normalized spacial score (nSPS) is 13.1. The second-order valence-corrected chi connectivity index (χ2v) is 16.2. The summed E-state index contributed by atoms with van der Waals surface area (Å²) < 4.78 is 11.2. The molecule has 0 aromatic carbocycles. The summed E-state index contributed by atoms with van der Waals surface area (Å²) in [6.45, 7) is 5.15. The van der Waals surface area contributed by atoms with Crippen LogP contribution in [0.1, 0.15) is 226 Å². The first kappa shape index (κ1) is 55.6. The van der Waals surface area contributed by atoms with Gasteiger partial charge in [-0.1, -0.05) is 234 Å². The van der Waals surface area contributed by atoms with Crippen molar-refractivity contribution in [3.8, 4) is 0 Å². The van der Waals surface area contributed by atoms with E-state index in [0.29, 0.717) is 13.0 Å². The number of aliphatic hydroxyl groups excluding tert-OH is 1. The van der Waals surface area contributed by atoms with Crippen LogP contribution in [0.4, 0.5) is 0 Å². The van der Waals surface area contributed by atoms with E-state index < -0.39 is 6.10 Å². The molecule has 1 unspecified atom stereocenters. The number of hydrogen-bond acceptors (Lipinski definition) is 4. The first-order valence-electron chi connectivity index (χ1n) is 24.7. The van der Waals surface area contributed by atoms with Crippen molar-refractivity contribution >= 4 is 5.97 Å². The molecule has 0 fully saturated rings. The van der Waals surface area contributed by atoms with Crippen LogP contribution in [0.3, 0.4) is 0 Å². The van der Waals surface area contributed by atoms with Crippen LogP contribution < -0.4 is 0 Å². The largest absolute Gasteiger partial charge is 0.457 e. The fraction of sp³-hybridized carbons (Fsp3) is 0.722. The topological polar surface area (TPSA) is 55.8 Å². The van der Waals surface area contributed by atoms with Gasteiger partial charge in [-0.3, -0.25) is 4.79 Å². The van der Waals surface area contributed by atoms with Gasteiger partial charge in [0.05, 0.1) is 13.2 Å². The molecule has 0 aliphatic heterocycles. The van der Waals surface area contributed by atoms with Crippen LogP contribution in [0, 0.1) is 0 Å². The molecule has 0 saturated heterocycles. The van der Waals surface area contributed by atoms with Gasteiger partial charge < -0.3 is 14.6 Å². The second-order valence-electron chi connectivity index (χ2n) is 16.2. The number of carbonyl (C=O) groups is 1. The third kappa shape index (κ3) is 47.9. The van der Waals surface area contributed by atoms with E-state index in [1.807, 2.05) is 0 Å². The van der Waals surface area contributed by atoms with E-state index >= 15 is 0 Å². The molecule has 0 spiro atoms. The highest BCUT2D eigenvalue weighted by atomic mass is 16.6. The molecule has 0 aliphatic rings. The maximum absolute atomic E-state index is 12.3. The van der Waals surface area contributed by atoms with Crippen molar-refractivity contribution < 1.29 is 19.4 Å². The molecule has 0 bridgehead atoms. The van der Waals surface area contributed by atoms with E-state index in [4.69, 9.17) is 9.47 Å². The average Bonchev–Trinajstić information content (AvgIpc) is 3.23. The SMILES string of the molecule is CC/C=C\C/C=C\C/C=C\C/C=C\C/C=C\C/C=C\C/C=C\CCCCOCC(CO)OC(=O)CCCCCCCCCCCCCCCCCCCCCCCC. The van der Waals surface area contributed by atoms with Crippen LogP contribution in [0.15, 0.2) is 85.1 Å². The summed E-state index contributed by atoms with van der Waals surface area (Å²) in [5.41, 5.74) is 0. The van der Waals surface area contributed by atoms with Crippen molar-refractivity contribution in [1.82, 2.24) is 0 Å². The summed E-state index contributed by atoms with van der Waals surface area (Å²) in [6.07, 6.45) is 71.0. The van der Waals surface area contributed by atoms with Gasteiger partial charge in [-0.25, -0.2) is 0 Å². The van der Waals surface area contributed by atoms with Gasteiger partial charge in [-0.05, 0) is 70.6 Å². The zero-order valence-corrected chi connectivity index (χ0v) is 38.3. The minimum Gasteiger partial charge on any atom is -0.457 e. The molecule has 0 aromatic rings. The summed E-state index contributed by atoms with van der Waals surface area (Å²) >= 11 is 0. The first-order chi connectivity index (χ1) is 28.7. The van der Waals surface area contributed by atoms with E-state index in [-0.39, 0.29) is 19.2 Å². The smallest absolute Gasteiger partial charge is 0.306 e. The van der Waals surface area contributed by atoms with Crippen molar-refractivity contribution in [2.75, 3.05) is 19.8 Å². The van der Waals surface area contributed by atoms with Gasteiger partial charge in [-0.15, -0.1) is 0 Å². The van der Waals surface area contributed by atoms with Crippen molar-refractivity contribution in [3.63, 3.8) is 0 Å². The Morgan fingerprint density at radius 1 is 0.431 bits per heavy atom. The molecule has 0 saturated carbocycles. The Kier molecular flexibility index (Phi) is 48.6. The fourth-order valence-corrected chi connectivity index (χ4v) is 6.84. The standard InChI is InChI=1S/C54H94O4/c1-3-5-7-9-11-13-15-17-19-21-23-25-27-28-30-32-34-36-38-40-42-44-46-48-50-57-52-53(51-55)58-54(56)49-47-45-43-41-39-37-35-33-31-29-26-24-22-20-18-16-14-12-10-8-6-4-2/h5,7,11,13,17,19,23,25,28,30,34,36,40,42,53,55H,3-4,6,8-10,12,14-16,18,20-22,24,26-27,29,31-33,35,37-39,41,43-52H2,1-2H3/b7-5-,13-11-,19-17-,25-23-,30-28-,36-34-,42-40-. The minimum absolute atomic E-state index is 0.192. The van der Waals surface area contributed by atoms with E-state index in [1.54, 1.807) is 0 Å². The maximum atomic E-state index is 12.3. The van der Waals surface area contributed by atoms with Gasteiger partial charge in [0.25, 0.3) is 0 Å². The monoisotopic (exact) mass is 807 g/mol. The van der Waals surface area contributed by atoms with E-state index in [9.17, 15) is 9.90 Å². The summed E-state index contributed by atoms with van der Waals surface area (Å²) in [4.78, 5) is 12.3. The second kappa shape index (κ2) is 50.7. The third-order valence-corrected chi connectivity index (χ3v) is 10.5. The van der Waals surface area contributed by atoms with Crippen molar-refractivity contribution in [2.45, 2.75) is 232 Å². The molecule has 4 nitrogen and oxygen atoms in total. The number of carbonyl (C=O) groups excluding carboxylic acids is 1. The van der Waals surface area contributed by atoms with Gasteiger partial charge in [0.2, 0.25) is 0 Å². The molecule has 0 radical (unpaired) electrons. The summed E-state index contributed by atoms with van der Waals surface area (Å²) in [5.74, 6) is -0.215. The molecule has 334 valence electrons. The van der Waals surface area contributed by atoms with Crippen molar-refractivity contribution in [2.24, 2.45) is 0 Å². The molecule has 4 heteroatoms. The lowest BCUT2D eigenvalue weighted by molar-refractivity contribution is -0.154. The highest BCUT2D eigenvalue weighted by molar-refractivity contribution is 5.69. The molecule has 0 aromatic heterocycles. The number of ether oxygens (including phenoxy) is 2. The van der Waals surface area contributed by atoms with E-state index in [0.717, 1.165) is 77.0 Å². The van der Waals surface area contributed by atoms with Crippen molar-refractivity contribution in [3.05, 3.63) is 85.1 Å². The lowest BCUT2D eigenvalue weighted by Crippen LogP contribution is -2.27. The summed E-state index contributed by atoms with van der Waals surface area (Å²) in [5, 5.41) is 9.64. The van der Waals surface area contributed by atoms with Crippen LogP contribution in [-0.2, 0) is 14.3 Å². The highest BCUT2D eigenvalue weighted by Crippen LogP contribution is 2.16. The molecule has 1 atom stereocenters. The molecule has 0 rings (SSSR count). The van der Waals surface area contributed by atoms with Gasteiger partial charge in [0.1, 0.15) is 6.10 Å². The van der Waals surface area contributed by atoms with Gasteiger partial charge in [0, 0.05) is 13.0 Å². The molecular weight excluding hydrogens is 713 g/mol. The zero-order chi connectivity index (χ0) is 41.9. The Bertz CT molecular complexity index is 1030. The number of esters is 1.